The number of aromatic nitrogens is 2. The molecule has 0 radical (unpaired) electrons. The molecule has 0 saturated carbocycles. The third-order valence-corrected chi connectivity index (χ3v) is 3.47. The second-order valence-electron chi connectivity index (χ2n) is 4.34. The van der Waals surface area contributed by atoms with Crippen LogP contribution >= 0.6 is 15.9 Å². The Morgan fingerprint density at radius 1 is 1.19 bits per heavy atom. The fourth-order valence-electron chi connectivity index (χ4n) is 2.09. The SMILES string of the molecule is O=C(O)c1ccc2c(c1)ncn2-c1c(F)cc(Br)cc1F. The minimum Gasteiger partial charge on any atom is -0.478 e. The highest BCUT2D eigenvalue weighted by molar-refractivity contribution is 9.10. The van der Waals surface area contributed by atoms with Crippen molar-refractivity contribution in [2.45, 2.75) is 0 Å². The van der Waals surface area contributed by atoms with Crippen LogP contribution in [0.4, 0.5) is 8.78 Å². The number of fused-ring (bicyclic) bond motifs is 1. The number of hydrogen-bond donors (Lipinski definition) is 1. The Morgan fingerprint density at radius 2 is 1.86 bits per heavy atom. The summed E-state index contributed by atoms with van der Waals surface area (Å²) >= 11 is 3.02. The van der Waals surface area contributed by atoms with Crippen LogP contribution in [0.15, 0.2) is 41.1 Å². The first-order valence-electron chi connectivity index (χ1n) is 5.82. The Hall–Kier alpha value is -2.28. The Bertz CT molecular complexity index is 854. The van der Waals surface area contributed by atoms with Crippen LogP contribution in [0.3, 0.4) is 0 Å². The van der Waals surface area contributed by atoms with E-state index in [0.29, 0.717) is 15.5 Å². The van der Waals surface area contributed by atoms with Gasteiger partial charge < -0.3 is 5.11 Å². The topological polar surface area (TPSA) is 55.1 Å². The third-order valence-electron chi connectivity index (χ3n) is 3.02. The van der Waals surface area contributed by atoms with E-state index in [1.807, 2.05) is 0 Å². The van der Waals surface area contributed by atoms with E-state index in [9.17, 15) is 13.6 Å². The maximum atomic E-state index is 14.0. The molecule has 21 heavy (non-hydrogen) atoms. The molecule has 1 aromatic heterocycles. The van der Waals surface area contributed by atoms with E-state index in [-0.39, 0.29) is 11.3 Å². The van der Waals surface area contributed by atoms with Gasteiger partial charge >= 0.3 is 5.97 Å². The van der Waals surface area contributed by atoms with Gasteiger partial charge in [0.05, 0.1) is 16.6 Å². The summed E-state index contributed by atoms with van der Waals surface area (Å²) in [7, 11) is 0. The van der Waals surface area contributed by atoms with E-state index in [1.54, 1.807) is 0 Å². The van der Waals surface area contributed by atoms with Crippen LogP contribution in [-0.4, -0.2) is 20.6 Å². The van der Waals surface area contributed by atoms with Gasteiger partial charge in [0.2, 0.25) is 0 Å². The van der Waals surface area contributed by atoms with Crippen molar-refractivity contribution in [2.24, 2.45) is 0 Å². The van der Waals surface area contributed by atoms with E-state index in [4.69, 9.17) is 5.11 Å². The molecule has 0 spiro atoms. The van der Waals surface area contributed by atoms with Crippen LogP contribution in [0, 0.1) is 11.6 Å². The minimum atomic E-state index is -1.09. The quantitative estimate of drug-likeness (QED) is 0.763. The molecule has 0 unspecified atom stereocenters. The van der Waals surface area contributed by atoms with Crippen molar-refractivity contribution in [1.82, 2.24) is 9.55 Å². The van der Waals surface area contributed by atoms with Crippen molar-refractivity contribution in [3.05, 3.63) is 58.3 Å². The zero-order chi connectivity index (χ0) is 15.1. The first-order valence-corrected chi connectivity index (χ1v) is 6.62. The van der Waals surface area contributed by atoms with E-state index < -0.39 is 17.6 Å². The van der Waals surface area contributed by atoms with Crippen LogP contribution in [0.5, 0.6) is 0 Å². The number of carbonyl (C=O) groups is 1. The van der Waals surface area contributed by atoms with Crippen molar-refractivity contribution in [1.29, 1.82) is 0 Å². The summed E-state index contributed by atoms with van der Waals surface area (Å²) in [5.74, 6) is -2.58. The normalized spacial score (nSPS) is 11.0. The second-order valence-corrected chi connectivity index (χ2v) is 5.26. The van der Waals surface area contributed by atoms with Crippen molar-refractivity contribution in [3.63, 3.8) is 0 Å². The first-order chi connectivity index (χ1) is 9.97. The number of carboxylic acid groups (broad SMARTS) is 1. The van der Waals surface area contributed by atoms with Gasteiger partial charge in [-0.25, -0.2) is 18.6 Å². The zero-order valence-electron chi connectivity index (χ0n) is 10.3. The zero-order valence-corrected chi connectivity index (χ0v) is 11.9. The number of carboxylic acids is 1. The molecule has 1 N–H and O–H groups in total. The summed E-state index contributed by atoms with van der Waals surface area (Å²) in [6, 6.07) is 6.47. The number of benzene rings is 2. The van der Waals surface area contributed by atoms with Crippen LogP contribution in [-0.2, 0) is 0 Å². The number of imidazole rings is 1. The lowest BCUT2D eigenvalue weighted by molar-refractivity contribution is 0.0697. The van der Waals surface area contributed by atoms with Gasteiger partial charge in [-0.05, 0) is 30.3 Å². The second kappa shape index (κ2) is 4.92. The maximum Gasteiger partial charge on any atom is 0.335 e. The fourth-order valence-corrected chi connectivity index (χ4v) is 2.49. The van der Waals surface area contributed by atoms with E-state index in [0.717, 1.165) is 12.1 Å². The van der Waals surface area contributed by atoms with Crippen LogP contribution < -0.4 is 0 Å². The Morgan fingerprint density at radius 3 is 2.48 bits per heavy atom. The third kappa shape index (κ3) is 2.29. The highest BCUT2D eigenvalue weighted by Crippen LogP contribution is 2.26. The number of hydrogen-bond acceptors (Lipinski definition) is 2. The van der Waals surface area contributed by atoms with E-state index in [2.05, 4.69) is 20.9 Å². The standard InChI is InChI=1S/C14H7BrF2N2O2/c15-8-4-9(16)13(10(17)5-8)19-6-18-11-3-7(14(20)21)1-2-12(11)19/h1-6H,(H,20,21). The van der Waals surface area contributed by atoms with Crippen LogP contribution in [0.2, 0.25) is 0 Å². The van der Waals surface area contributed by atoms with E-state index in [1.165, 1.54) is 29.1 Å². The molecular formula is C14H7BrF2N2O2. The lowest BCUT2D eigenvalue weighted by Crippen LogP contribution is -2.01. The van der Waals surface area contributed by atoms with Gasteiger partial charge in [-0.15, -0.1) is 0 Å². The highest BCUT2D eigenvalue weighted by atomic mass is 79.9. The molecule has 3 rings (SSSR count). The predicted molar refractivity (Wildman–Crippen MR) is 75.6 cm³/mol. The summed E-state index contributed by atoms with van der Waals surface area (Å²) in [4.78, 5) is 14.9. The molecule has 0 saturated heterocycles. The average molecular weight is 353 g/mol. The molecule has 4 nitrogen and oxygen atoms in total. The summed E-state index contributed by atoms with van der Waals surface area (Å²) < 4.78 is 29.5. The highest BCUT2D eigenvalue weighted by Gasteiger charge is 2.16. The molecule has 0 amide bonds. The van der Waals surface area contributed by atoms with Gasteiger partial charge in [0.1, 0.15) is 12.0 Å². The van der Waals surface area contributed by atoms with Crippen molar-refractivity contribution in [2.75, 3.05) is 0 Å². The Balaban J connectivity index is 2.25. The van der Waals surface area contributed by atoms with E-state index >= 15 is 0 Å². The summed E-state index contributed by atoms with van der Waals surface area (Å²) in [6.45, 7) is 0. The van der Waals surface area contributed by atoms with Gasteiger partial charge in [0.25, 0.3) is 0 Å². The molecule has 1 heterocycles. The van der Waals surface area contributed by atoms with Gasteiger partial charge in [-0.2, -0.15) is 0 Å². The molecule has 0 fully saturated rings. The van der Waals surface area contributed by atoms with Gasteiger partial charge in [0, 0.05) is 4.47 Å². The van der Waals surface area contributed by atoms with Gasteiger partial charge in [0.15, 0.2) is 11.6 Å². The number of halogens is 3. The fraction of sp³-hybridized carbons (Fsp3) is 0. The van der Waals surface area contributed by atoms with Crippen molar-refractivity contribution < 1.29 is 18.7 Å². The van der Waals surface area contributed by atoms with Crippen LogP contribution in [0.1, 0.15) is 10.4 Å². The molecule has 0 aliphatic heterocycles. The Kier molecular flexibility index (Phi) is 3.21. The lowest BCUT2D eigenvalue weighted by Gasteiger charge is -2.08. The predicted octanol–water partition coefficient (Wildman–Crippen LogP) is 3.76. The van der Waals surface area contributed by atoms with Crippen LogP contribution in [0.25, 0.3) is 16.7 Å². The monoisotopic (exact) mass is 352 g/mol. The molecular weight excluding hydrogens is 346 g/mol. The largest absolute Gasteiger partial charge is 0.478 e. The minimum absolute atomic E-state index is 0.0597. The lowest BCUT2D eigenvalue weighted by atomic mass is 10.2. The molecule has 7 heteroatoms. The molecule has 0 atom stereocenters. The molecule has 0 bridgehead atoms. The number of rotatable bonds is 2. The molecule has 2 aromatic carbocycles. The van der Waals surface area contributed by atoms with Gasteiger partial charge in [-0.3, -0.25) is 4.57 Å². The average Bonchev–Trinajstić information content (AvgIpc) is 2.80. The summed E-state index contributed by atoms with van der Waals surface area (Å²) in [5.41, 5.74) is 0.560. The molecule has 0 aliphatic carbocycles. The Labute approximate surface area is 125 Å². The van der Waals surface area contributed by atoms with Crippen molar-refractivity contribution >= 4 is 32.9 Å². The molecule has 3 aromatic rings. The number of aromatic carboxylic acids is 1. The number of nitrogens with zero attached hydrogens (tertiary/aromatic N) is 2. The molecule has 0 aliphatic rings. The summed E-state index contributed by atoms with van der Waals surface area (Å²) in [6.07, 6.45) is 1.26. The van der Waals surface area contributed by atoms with Crippen molar-refractivity contribution in [3.8, 4) is 5.69 Å². The summed E-state index contributed by atoms with van der Waals surface area (Å²) in [5, 5.41) is 8.93. The molecule has 106 valence electrons. The van der Waals surface area contributed by atoms with Gasteiger partial charge in [-0.1, -0.05) is 15.9 Å². The maximum absolute atomic E-state index is 14.0. The first kappa shape index (κ1) is 13.7. The smallest absolute Gasteiger partial charge is 0.335 e.